The third-order valence-electron chi connectivity index (χ3n) is 6.30. The first-order valence-corrected chi connectivity index (χ1v) is 12.4. The molecule has 33 heavy (non-hydrogen) atoms. The molecular weight excluding hydrogens is 454 g/mol. The normalized spacial score (nSPS) is 20.2. The van der Waals surface area contributed by atoms with Gasteiger partial charge in [0.1, 0.15) is 11.6 Å². The lowest BCUT2D eigenvalue weighted by atomic mass is 9.69. The van der Waals surface area contributed by atoms with Crippen LogP contribution in [0.25, 0.3) is 0 Å². The Labute approximate surface area is 204 Å². The van der Waals surface area contributed by atoms with Gasteiger partial charge in [0.05, 0.1) is 23.2 Å². The van der Waals surface area contributed by atoms with Crippen molar-refractivity contribution in [3.8, 4) is 6.07 Å². The summed E-state index contributed by atoms with van der Waals surface area (Å²) in [5, 5.41) is 11.6. The van der Waals surface area contributed by atoms with E-state index in [1.54, 1.807) is 11.8 Å². The average Bonchev–Trinajstić information content (AvgIpc) is 3.09. The minimum Gasteiger partial charge on any atom is -0.455 e. The molecule has 1 aromatic heterocycles. The van der Waals surface area contributed by atoms with Crippen molar-refractivity contribution in [2.75, 3.05) is 10.7 Å². The molecule has 4 rings (SSSR count). The zero-order chi connectivity index (χ0) is 24.1. The largest absolute Gasteiger partial charge is 0.455 e. The number of ketones is 1. The second kappa shape index (κ2) is 8.62. The van der Waals surface area contributed by atoms with Crippen molar-refractivity contribution in [2.45, 2.75) is 58.5 Å². The number of carbonyl (C=O) groups excluding carboxylic acids is 1. The van der Waals surface area contributed by atoms with Crippen molar-refractivity contribution in [2.24, 2.45) is 11.1 Å². The van der Waals surface area contributed by atoms with Crippen LogP contribution in [0.3, 0.4) is 0 Å². The molecule has 1 aromatic carbocycles. The molecule has 5 nitrogen and oxygen atoms in total. The van der Waals surface area contributed by atoms with Gasteiger partial charge in [0.25, 0.3) is 0 Å². The number of carbonyl (C=O) groups is 1. The molecule has 2 N–H and O–H groups in total. The van der Waals surface area contributed by atoms with Gasteiger partial charge in [-0.2, -0.15) is 5.26 Å². The van der Waals surface area contributed by atoms with Gasteiger partial charge in [0, 0.05) is 28.3 Å². The van der Waals surface area contributed by atoms with Crippen LogP contribution < -0.4 is 10.6 Å². The molecule has 2 aromatic rings. The summed E-state index contributed by atoms with van der Waals surface area (Å²) >= 11 is 8.01. The number of furan rings is 1. The van der Waals surface area contributed by atoms with E-state index in [1.807, 2.05) is 49.9 Å². The van der Waals surface area contributed by atoms with E-state index in [-0.39, 0.29) is 11.2 Å². The lowest BCUT2D eigenvalue weighted by Gasteiger charge is -2.44. The number of thioether (sulfide) groups is 1. The fourth-order valence-corrected chi connectivity index (χ4v) is 5.86. The Morgan fingerprint density at radius 2 is 2.06 bits per heavy atom. The summed E-state index contributed by atoms with van der Waals surface area (Å²) in [7, 11) is 0. The molecule has 2 heterocycles. The second-order valence-electron chi connectivity index (χ2n) is 9.40. The van der Waals surface area contributed by atoms with Crippen molar-refractivity contribution in [1.82, 2.24) is 0 Å². The van der Waals surface area contributed by atoms with Crippen molar-refractivity contribution >= 4 is 34.8 Å². The third kappa shape index (κ3) is 3.98. The molecule has 1 aliphatic heterocycles. The van der Waals surface area contributed by atoms with Gasteiger partial charge in [0.2, 0.25) is 0 Å². The molecule has 0 spiro atoms. The van der Waals surface area contributed by atoms with Crippen LogP contribution in [0.2, 0.25) is 5.02 Å². The van der Waals surface area contributed by atoms with Crippen LogP contribution in [0.1, 0.15) is 56.4 Å². The predicted molar refractivity (Wildman–Crippen MR) is 133 cm³/mol. The van der Waals surface area contributed by atoms with Gasteiger partial charge in [-0.05, 0) is 55.2 Å². The van der Waals surface area contributed by atoms with E-state index < -0.39 is 5.92 Å². The minimum atomic E-state index is -0.546. The van der Waals surface area contributed by atoms with Crippen molar-refractivity contribution < 1.29 is 9.21 Å². The summed E-state index contributed by atoms with van der Waals surface area (Å²) in [6.45, 7) is 10.0. The fraction of sp³-hybridized carbons (Fsp3) is 0.385. The van der Waals surface area contributed by atoms with Crippen molar-refractivity contribution in [3.05, 3.63) is 68.8 Å². The molecule has 7 heteroatoms. The van der Waals surface area contributed by atoms with Gasteiger partial charge in [-0.25, -0.2) is 0 Å². The number of aryl methyl sites for hydroxylation is 1. The topological polar surface area (TPSA) is 83.3 Å². The zero-order valence-electron chi connectivity index (χ0n) is 19.6. The number of hydrogen-bond acceptors (Lipinski definition) is 6. The average molecular weight is 482 g/mol. The third-order valence-corrected chi connectivity index (χ3v) is 7.57. The second-order valence-corrected chi connectivity index (χ2v) is 11.0. The highest BCUT2D eigenvalue weighted by molar-refractivity contribution is 7.99. The van der Waals surface area contributed by atoms with Crippen molar-refractivity contribution in [3.63, 3.8) is 0 Å². The fourth-order valence-electron chi connectivity index (χ4n) is 4.89. The number of allylic oxidation sites excluding steroid dienone is 3. The van der Waals surface area contributed by atoms with Gasteiger partial charge < -0.3 is 10.2 Å². The molecule has 0 radical (unpaired) electrons. The van der Waals surface area contributed by atoms with Gasteiger partial charge in [-0.3, -0.25) is 9.69 Å². The molecule has 172 valence electrons. The smallest absolute Gasteiger partial charge is 0.164 e. The molecule has 0 saturated heterocycles. The maximum Gasteiger partial charge on any atom is 0.164 e. The number of benzene rings is 1. The van der Waals surface area contributed by atoms with Gasteiger partial charge in [-0.1, -0.05) is 50.2 Å². The summed E-state index contributed by atoms with van der Waals surface area (Å²) in [5.74, 6) is 1.39. The van der Waals surface area contributed by atoms with Crippen LogP contribution in [0, 0.1) is 30.6 Å². The Morgan fingerprint density at radius 1 is 1.33 bits per heavy atom. The van der Waals surface area contributed by atoms with Crippen LogP contribution in [0.4, 0.5) is 5.69 Å². The molecule has 1 unspecified atom stereocenters. The maximum absolute atomic E-state index is 13.7. The minimum absolute atomic E-state index is 0.0440. The number of nitrogens with zero attached hydrogens (tertiary/aromatic N) is 2. The maximum atomic E-state index is 13.7. The Hall–Kier alpha value is -2.62. The summed E-state index contributed by atoms with van der Waals surface area (Å²) in [6, 6.07) is 9.89. The van der Waals surface area contributed by atoms with Crippen LogP contribution >= 0.6 is 23.4 Å². The first-order valence-electron chi connectivity index (χ1n) is 11.0. The van der Waals surface area contributed by atoms with E-state index >= 15 is 0 Å². The summed E-state index contributed by atoms with van der Waals surface area (Å²) in [4.78, 5) is 15.6. The summed E-state index contributed by atoms with van der Waals surface area (Å²) in [5.41, 5.74) is 10.8. The number of halogens is 1. The Kier molecular flexibility index (Phi) is 6.15. The monoisotopic (exact) mass is 481 g/mol. The Bertz CT molecular complexity index is 1250. The Balaban J connectivity index is 2.04. The lowest BCUT2D eigenvalue weighted by Crippen LogP contribution is -2.42. The van der Waals surface area contributed by atoms with Gasteiger partial charge in [-0.15, -0.1) is 0 Å². The molecule has 0 amide bonds. The number of nitriles is 1. The molecule has 0 saturated carbocycles. The highest BCUT2D eigenvalue weighted by atomic mass is 35.5. The van der Waals surface area contributed by atoms with E-state index in [1.165, 1.54) is 0 Å². The van der Waals surface area contributed by atoms with E-state index in [0.29, 0.717) is 34.8 Å². The highest BCUT2D eigenvalue weighted by Crippen LogP contribution is 2.52. The van der Waals surface area contributed by atoms with Gasteiger partial charge >= 0.3 is 0 Å². The molecule has 1 atom stereocenters. The number of nitrogens with two attached hydrogens (primary N) is 1. The first-order chi connectivity index (χ1) is 15.6. The number of anilines is 1. The molecular formula is C26H28ClN3O2S. The number of Topliss-reactive ketones (excluding diaryl/α,β-unsaturated/α-hetero) is 1. The quantitative estimate of drug-likeness (QED) is 0.495. The van der Waals surface area contributed by atoms with Crippen LogP contribution in [0.15, 0.2) is 56.4 Å². The SMILES string of the molecule is CCSc1oc(C)cc1C1C(C#N)=C(N)N(c2cccc(Cl)c2C)C2=C1C(=O)CC(C)(C)C2. The lowest BCUT2D eigenvalue weighted by molar-refractivity contribution is -0.118. The van der Waals surface area contributed by atoms with E-state index in [4.69, 9.17) is 21.8 Å². The molecule has 0 bridgehead atoms. The van der Waals surface area contributed by atoms with Crippen LogP contribution in [0.5, 0.6) is 0 Å². The van der Waals surface area contributed by atoms with E-state index in [9.17, 15) is 10.1 Å². The first kappa shape index (κ1) is 23.5. The molecule has 0 fully saturated rings. The highest BCUT2D eigenvalue weighted by Gasteiger charge is 2.46. The van der Waals surface area contributed by atoms with Crippen LogP contribution in [-0.2, 0) is 4.79 Å². The van der Waals surface area contributed by atoms with E-state index in [2.05, 4.69) is 19.9 Å². The number of hydrogen-bond donors (Lipinski definition) is 1. The van der Waals surface area contributed by atoms with E-state index in [0.717, 1.165) is 39.1 Å². The molecule has 2 aliphatic rings. The van der Waals surface area contributed by atoms with Crippen LogP contribution in [-0.4, -0.2) is 11.5 Å². The summed E-state index contributed by atoms with van der Waals surface area (Å²) in [6.07, 6.45) is 1.07. The predicted octanol–water partition coefficient (Wildman–Crippen LogP) is 6.60. The standard InChI is InChI=1S/C26H28ClN3O2S/c1-6-33-25-16(10-14(2)32-25)22-17(13-28)24(29)30(19-9-7-8-18(27)15(19)3)20-11-26(4,5)12-21(31)23(20)22/h7-10,22H,6,11-12,29H2,1-5H3. The zero-order valence-corrected chi connectivity index (χ0v) is 21.2. The van der Waals surface area contributed by atoms with Crippen molar-refractivity contribution in [1.29, 1.82) is 5.26 Å². The molecule has 1 aliphatic carbocycles. The van der Waals surface area contributed by atoms with Gasteiger partial charge in [0.15, 0.2) is 10.9 Å². The Morgan fingerprint density at radius 3 is 2.73 bits per heavy atom. The summed E-state index contributed by atoms with van der Waals surface area (Å²) < 4.78 is 5.96. The number of rotatable bonds is 4.